The first kappa shape index (κ1) is 21.8. The Hall–Kier alpha value is -2.88. The van der Waals surface area contributed by atoms with E-state index in [1.807, 2.05) is 6.92 Å². The van der Waals surface area contributed by atoms with Gasteiger partial charge in [0.25, 0.3) is 0 Å². The first-order chi connectivity index (χ1) is 14.3. The Labute approximate surface area is 171 Å². The molecule has 1 aromatic carbocycles. The van der Waals surface area contributed by atoms with Crippen LogP contribution in [-0.2, 0) is 35.3 Å². The minimum absolute atomic E-state index is 0.0684. The van der Waals surface area contributed by atoms with Gasteiger partial charge in [-0.25, -0.2) is 0 Å². The molecule has 0 unspecified atom stereocenters. The average molecular weight is 424 g/mol. The molecule has 2 amide bonds. The Kier molecular flexibility index (Phi) is 6.76. The maximum absolute atomic E-state index is 13.3. The summed E-state index contributed by atoms with van der Waals surface area (Å²) in [7, 11) is 0. The third-order valence-corrected chi connectivity index (χ3v) is 4.95. The fourth-order valence-corrected chi connectivity index (χ4v) is 3.37. The predicted octanol–water partition coefficient (Wildman–Crippen LogP) is 2.26. The van der Waals surface area contributed by atoms with Gasteiger partial charge in [0.2, 0.25) is 11.8 Å². The van der Waals surface area contributed by atoms with Crippen LogP contribution in [-0.4, -0.2) is 41.0 Å². The van der Waals surface area contributed by atoms with Gasteiger partial charge in [0.1, 0.15) is 0 Å². The van der Waals surface area contributed by atoms with Crippen LogP contribution in [0.1, 0.15) is 35.9 Å². The number of rotatable bonds is 7. The molecule has 1 aliphatic heterocycles. The van der Waals surface area contributed by atoms with Crippen LogP contribution in [0.4, 0.5) is 13.2 Å². The van der Waals surface area contributed by atoms with Gasteiger partial charge in [0, 0.05) is 25.7 Å². The second kappa shape index (κ2) is 9.29. The van der Waals surface area contributed by atoms with E-state index in [4.69, 9.17) is 4.52 Å². The number of piperazine rings is 1. The molecule has 7 nitrogen and oxygen atoms in total. The number of aryl methyl sites for hydroxylation is 1. The van der Waals surface area contributed by atoms with Crippen LogP contribution in [0.3, 0.4) is 0 Å². The van der Waals surface area contributed by atoms with E-state index in [2.05, 4.69) is 15.8 Å². The van der Waals surface area contributed by atoms with Crippen molar-refractivity contribution in [1.29, 1.82) is 0 Å². The van der Waals surface area contributed by atoms with E-state index < -0.39 is 23.7 Å². The van der Waals surface area contributed by atoms with Gasteiger partial charge in [-0.2, -0.15) is 13.2 Å². The molecule has 1 aromatic heterocycles. The lowest BCUT2D eigenvalue weighted by Crippen LogP contribution is -2.56. The molecule has 1 saturated heterocycles. The molecule has 1 aliphatic rings. The van der Waals surface area contributed by atoms with Gasteiger partial charge in [0.15, 0.2) is 5.76 Å². The molecule has 0 bridgehead atoms. The van der Waals surface area contributed by atoms with E-state index >= 15 is 0 Å². The van der Waals surface area contributed by atoms with E-state index in [0.29, 0.717) is 25.3 Å². The number of hydrogen-bond acceptors (Lipinski definition) is 5. The minimum Gasteiger partial charge on any atom is -0.359 e. The molecule has 0 aliphatic carbocycles. The Morgan fingerprint density at radius 1 is 1.37 bits per heavy atom. The van der Waals surface area contributed by atoms with E-state index in [-0.39, 0.29) is 31.0 Å². The van der Waals surface area contributed by atoms with Crippen molar-refractivity contribution >= 4 is 11.8 Å². The molecule has 1 atom stereocenters. The molecule has 1 fully saturated rings. The van der Waals surface area contributed by atoms with Crippen molar-refractivity contribution in [3.05, 3.63) is 52.9 Å². The van der Waals surface area contributed by atoms with Crippen molar-refractivity contribution in [2.24, 2.45) is 0 Å². The third kappa shape index (κ3) is 5.38. The number of benzene rings is 1. The van der Waals surface area contributed by atoms with Crippen LogP contribution >= 0.6 is 0 Å². The number of nitrogens with one attached hydrogen (secondary N) is 2. The first-order valence-corrected chi connectivity index (χ1v) is 9.66. The number of carbonyl (C=O) groups is 2. The molecule has 0 saturated carbocycles. The summed E-state index contributed by atoms with van der Waals surface area (Å²) < 4.78 is 45.0. The Morgan fingerprint density at radius 3 is 2.83 bits per heavy atom. The second-order valence-corrected chi connectivity index (χ2v) is 7.05. The number of alkyl halides is 3. The zero-order valence-electron chi connectivity index (χ0n) is 16.5. The fourth-order valence-electron chi connectivity index (χ4n) is 3.37. The molecule has 3 rings (SSSR count). The summed E-state index contributed by atoms with van der Waals surface area (Å²) >= 11 is 0. The maximum atomic E-state index is 13.3. The highest BCUT2D eigenvalue weighted by molar-refractivity contribution is 5.88. The van der Waals surface area contributed by atoms with Crippen molar-refractivity contribution in [2.75, 3.05) is 13.1 Å². The zero-order chi connectivity index (χ0) is 21.7. The van der Waals surface area contributed by atoms with Crippen molar-refractivity contribution in [1.82, 2.24) is 20.7 Å². The van der Waals surface area contributed by atoms with Gasteiger partial charge in [-0.05, 0) is 18.1 Å². The molecule has 2 N–H and O–H groups in total. The zero-order valence-corrected chi connectivity index (χ0v) is 16.5. The lowest BCUT2D eigenvalue weighted by molar-refractivity contribution is -0.139. The highest BCUT2D eigenvalue weighted by Gasteiger charge is 2.36. The molecule has 30 heavy (non-hydrogen) atoms. The van der Waals surface area contributed by atoms with Crippen LogP contribution < -0.4 is 10.6 Å². The Bertz CT molecular complexity index is 897. The number of amides is 2. The molecular formula is C20H23F3N4O3. The van der Waals surface area contributed by atoms with Crippen molar-refractivity contribution in [2.45, 2.75) is 45.1 Å². The average Bonchev–Trinajstić information content (AvgIpc) is 3.17. The SMILES string of the molecule is CCc1cc(CNC(=O)C[C@H]2C(=O)NCCN2Cc2ccccc2C(F)(F)F)on1. The molecule has 0 radical (unpaired) electrons. The number of halogens is 3. The van der Waals surface area contributed by atoms with Crippen LogP contribution in [0.2, 0.25) is 0 Å². The minimum atomic E-state index is -4.49. The first-order valence-electron chi connectivity index (χ1n) is 9.66. The monoisotopic (exact) mass is 424 g/mol. The van der Waals surface area contributed by atoms with Crippen molar-refractivity contribution in [3.8, 4) is 0 Å². The number of nitrogens with zero attached hydrogens (tertiary/aromatic N) is 2. The quantitative estimate of drug-likeness (QED) is 0.712. The van der Waals surface area contributed by atoms with Gasteiger partial charge >= 0.3 is 6.18 Å². The Morgan fingerprint density at radius 2 is 2.13 bits per heavy atom. The van der Waals surface area contributed by atoms with Gasteiger partial charge in [-0.15, -0.1) is 0 Å². The lowest BCUT2D eigenvalue weighted by atomic mass is 10.0. The summed E-state index contributed by atoms with van der Waals surface area (Å²) in [5.41, 5.74) is 0.0931. The van der Waals surface area contributed by atoms with Crippen LogP contribution in [0.15, 0.2) is 34.9 Å². The van der Waals surface area contributed by atoms with Gasteiger partial charge in [-0.3, -0.25) is 14.5 Å². The summed E-state index contributed by atoms with van der Waals surface area (Å²) in [5.74, 6) is -0.293. The van der Waals surface area contributed by atoms with E-state index in [1.54, 1.807) is 11.0 Å². The molecule has 2 heterocycles. The number of carbonyl (C=O) groups excluding carboxylic acids is 2. The van der Waals surface area contributed by atoms with E-state index in [0.717, 1.165) is 11.8 Å². The summed E-state index contributed by atoms with van der Waals surface area (Å²) in [6.45, 7) is 2.62. The smallest absolute Gasteiger partial charge is 0.359 e. The highest BCUT2D eigenvalue weighted by Crippen LogP contribution is 2.32. The topological polar surface area (TPSA) is 87.5 Å². The van der Waals surface area contributed by atoms with Crippen molar-refractivity contribution in [3.63, 3.8) is 0 Å². The van der Waals surface area contributed by atoms with Gasteiger partial charge < -0.3 is 15.2 Å². The molecule has 2 aromatic rings. The molecular weight excluding hydrogens is 401 g/mol. The Balaban J connectivity index is 1.66. The summed E-state index contributed by atoms with van der Waals surface area (Å²) in [6, 6.07) is 6.13. The van der Waals surface area contributed by atoms with Gasteiger partial charge in [0.05, 0.1) is 30.3 Å². The second-order valence-electron chi connectivity index (χ2n) is 7.05. The fraction of sp³-hybridized carbons (Fsp3) is 0.450. The van der Waals surface area contributed by atoms with Gasteiger partial charge in [-0.1, -0.05) is 30.3 Å². The number of aromatic nitrogens is 1. The van der Waals surface area contributed by atoms with E-state index in [1.165, 1.54) is 18.2 Å². The van der Waals surface area contributed by atoms with Crippen LogP contribution in [0, 0.1) is 0 Å². The standard InChI is InChI=1S/C20H23F3N4O3/c1-2-14-9-15(30-26-14)11-25-18(28)10-17-19(29)24-7-8-27(17)12-13-5-3-4-6-16(13)20(21,22)23/h3-6,9,17H,2,7-8,10-12H2,1H3,(H,24,29)(H,25,28)/t17-/m0/s1. The lowest BCUT2D eigenvalue weighted by Gasteiger charge is -2.35. The summed E-state index contributed by atoms with van der Waals surface area (Å²) in [4.78, 5) is 26.3. The summed E-state index contributed by atoms with van der Waals surface area (Å²) in [6.07, 6.45) is -3.96. The highest BCUT2D eigenvalue weighted by atomic mass is 19.4. The molecule has 162 valence electrons. The maximum Gasteiger partial charge on any atom is 0.416 e. The largest absolute Gasteiger partial charge is 0.416 e. The third-order valence-electron chi connectivity index (χ3n) is 4.95. The number of hydrogen-bond donors (Lipinski definition) is 2. The normalized spacial score (nSPS) is 17.6. The molecule has 10 heteroatoms. The summed E-state index contributed by atoms with van der Waals surface area (Å²) in [5, 5.41) is 9.17. The van der Waals surface area contributed by atoms with Crippen molar-refractivity contribution < 1.29 is 27.3 Å². The van der Waals surface area contributed by atoms with Crippen LogP contribution in [0.5, 0.6) is 0 Å². The predicted molar refractivity (Wildman–Crippen MR) is 101 cm³/mol. The molecule has 0 spiro atoms. The van der Waals surface area contributed by atoms with E-state index in [9.17, 15) is 22.8 Å². The van der Waals surface area contributed by atoms with Crippen LogP contribution in [0.25, 0.3) is 0 Å².